The van der Waals surface area contributed by atoms with Crippen LogP contribution in [0.5, 0.6) is 5.75 Å². The molecule has 6 heteroatoms. The highest BCUT2D eigenvalue weighted by molar-refractivity contribution is 9.10. The molecule has 0 atom stereocenters. The summed E-state index contributed by atoms with van der Waals surface area (Å²) in [5.41, 5.74) is 2.87. The Morgan fingerprint density at radius 1 is 1.08 bits per heavy atom. The third-order valence-electron chi connectivity index (χ3n) is 3.79. The largest absolute Gasteiger partial charge is 0.489 e. The van der Waals surface area contributed by atoms with E-state index in [1.807, 2.05) is 36.5 Å². The molecular weight excluding hydrogens is 419 g/mol. The van der Waals surface area contributed by atoms with Gasteiger partial charge in [-0.15, -0.1) is 0 Å². The predicted molar refractivity (Wildman–Crippen MR) is 105 cm³/mol. The van der Waals surface area contributed by atoms with Crippen LogP contribution >= 0.6 is 27.5 Å². The van der Waals surface area contributed by atoms with Gasteiger partial charge in [-0.3, -0.25) is 4.98 Å². The van der Waals surface area contributed by atoms with Crippen molar-refractivity contribution in [1.29, 1.82) is 0 Å². The van der Waals surface area contributed by atoms with Crippen LogP contribution in [0, 0.1) is 5.82 Å². The first kappa shape index (κ1) is 18.8. The van der Waals surface area contributed by atoms with E-state index in [1.54, 1.807) is 12.3 Å². The minimum atomic E-state index is -0.359. The van der Waals surface area contributed by atoms with Gasteiger partial charge in [-0.1, -0.05) is 39.7 Å². The van der Waals surface area contributed by atoms with Gasteiger partial charge >= 0.3 is 0 Å². The maximum Gasteiger partial charge on any atom is 0.124 e. The zero-order valence-corrected chi connectivity index (χ0v) is 16.2. The van der Waals surface area contributed by atoms with Gasteiger partial charge in [-0.2, -0.15) is 0 Å². The average Bonchev–Trinajstić information content (AvgIpc) is 2.63. The number of pyridine rings is 1. The summed E-state index contributed by atoms with van der Waals surface area (Å²) in [5.74, 6) is 0.398. The lowest BCUT2D eigenvalue weighted by atomic mass is 10.2. The molecule has 0 unspecified atom stereocenters. The van der Waals surface area contributed by atoms with E-state index < -0.39 is 0 Å². The lowest BCUT2D eigenvalue weighted by Crippen LogP contribution is -2.14. The Morgan fingerprint density at radius 3 is 2.73 bits per heavy atom. The Balaban J connectivity index is 1.65. The molecule has 0 bridgehead atoms. The number of benzene rings is 2. The third-order valence-corrected chi connectivity index (χ3v) is 4.63. The standard InChI is InChI=1S/C20H17BrClFN2O/c21-17-4-6-20(26-13-15-3-5-18(23)9-19(15)22)16(8-17)12-25-11-14-2-1-7-24-10-14/h1-10,25H,11-13H2. The average molecular weight is 436 g/mol. The van der Waals surface area contributed by atoms with Gasteiger partial charge in [0.2, 0.25) is 0 Å². The minimum absolute atomic E-state index is 0.274. The predicted octanol–water partition coefficient (Wildman–Crippen LogP) is 5.51. The van der Waals surface area contributed by atoms with Gasteiger partial charge in [0.15, 0.2) is 0 Å². The fourth-order valence-electron chi connectivity index (χ4n) is 2.47. The SMILES string of the molecule is Fc1ccc(COc2ccc(Br)cc2CNCc2cccnc2)c(Cl)c1. The molecule has 0 aliphatic rings. The number of hydrogen-bond acceptors (Lipinski definition) is 3. The van der Waals surface area contributed by atoms with Crippen molar-refractivity contribution in [2.24, 2.45) is 0 Å². The fourth-order valence-corrected chi connectivity index (χ4v) is 3.10. The maximum absolute atomic E-state index is 13.2. The lowest BCUT2D eigenvalue weighted by molar-refractivity contribution is 0.302. The Hall–Kier alpha value is -1.95. The highest BCUT2D eigenvalue weighted by atomic mass is 79.9. The molecule has 0 aliphatic carbocycles. The first-order valence-corrected chi connectivity index (χ1v) is 9.23. The van der Waals surface area contributed by atoms with Crippen LogP contribution in [-0.2, 0) is 19.7 Å². The third kappa shape index (κ3) is 5.27. The summed E-state index contributed by atoms with van der Waals surface area (Å²) in [6.45, 7) is 1.63. The summed E-state index contributed by atoms with van der Waals surface area (Å²) >= 11 is 9.56. The van der Waals surface area contributed by atoms with Gasteiger partial charge in [-0.05, 0) is 42.0 Å². The van der Waals surface area contributed by atoms with Crippen LogP contribution in [0.25, 0.3) is 0 Å². The van der Waals surface area contributed by atoms with Crippen molar-refractivity contribution in [2.75, 3.05) is 0 Å². The number of nitrogens with zero attached hydrogens (tertiary/aromatic N) is 1. The van der Waals surface area contributed by atoms with Crippen LogP contribution in [-0.4, -0.2) is 4.98 Å². The van der Waals surface area contributed by atoms with Gasteiger partial charge in [0.1, 0.15) is 18.2 Å². The molecule has 26 heavy (non-hydrogen) atoms. The van der Waals surface area contributed by atoms with Crippen LogP contribution in [0.15, 0.2) is 65.4 Å². The van der Waals surface area contributed by atoms with E-state index in [9.17, 15) is 4.39 Å². The number of ether oxygens (including phenoxy) is 1. The summed E-state index contributed by atoms with van der Waals surface area (Å²) in [6, 6.07) is 14.1. The molecule has 0 aliphatic heterocycles. The molecule has 0 saturated carbocycles. The van der Waals surface area contributed by atoms with E-state index in [4.69, 9.17) is 16.3 Å². The molecule has 3 nitrogen and oxygen atoms in total. The highest BCUT2D eigenvalue weighted by Crippen LogP contribution is 2.26. The molecule has 3 rings (SSSR count). The molecule has 1 heterocycles. The summed E-state index contributed by atoms with van der Waals surface area (Å²) < 4.78 is 20.1. The number of hydrogen-bond donors (Lipinski definition) is 1. The van der Waals surface area contributed by atoms with Crippen LogP contribution in [0.1, 0.15) is 16.7 Å². The lowest BCUT2D eigenvalue weighted by Gasteiger charge is -2.14. The molecule has 0 radical (unpaired) electrons. The molecule has 0 amide bonds. The summed E-state index contributed by atoms with van der Waals surface area (Å²) in [4.78, 5) is 4.11. The van der Waals surface area contributed by atoms with Crippen molar-refractivity contribution in [3.05, 3.63) is 92.9 Å². The second-order valence-corrected chi connectivity index (χ2v) is 7.06. The first-order chi connectivity index (χ1) is 12.6. The second-order valence-electron chi connectivity index (χ2n) is 5.74. The molecule has 134 valence electrons. The number of nitrogens with one attached hydrogen (secondary N) is 1. The fraction of sp³-hybridized carbons (Fsp3) is 0.150. The molecule has 0 fully saturated rings. The minimum Gasteiger partial charge on any atom is -0.489 e. The zero-order chi connectivity index (χ0) is 18.4. The van der Waals surface area contributed by atoms with E-state index in [0.29, 0.717) is 18.1 Å². The van der Waals surface area contributed by atoms with E-state index in [-0.39, 0.29) is 12.4 Å². The van der Waals surface area contributed by atoms with Crippen molar-refractivity contribution in [1.82, 2.24) is 10.3 Å². The van der Waals surface area contributed by atoms with Crippen molar-refractivity contribution in [3.63, 3.8) is 0 Å². The van der Waals surface area contributed by atoms with Crippen LogP contribution in [0.4, 0.5) is 4.39 Å². The Morgan fingerprint density at radius 2 is 1.96 bits per heavy atom. The molecule has 1 aromatic heterocycles. The first-order valence-electron chi connectivity index (χ1n) is 8.06. The Kier molecular flexibility index (Phi) is 6.61. The molecule has 3 aromatic rings. The van der Waals surface area contributed by atoms with E-state index in [0.717, 1.165) is 26.9 Å². The summed E-state index contributed by atoms with van der Waals surface area (Å²) in [7, 11) is 0. The van der Waals surface area contributed by atoms with E-state index >= 15 is 0 Å². The van der Waals surface area contributed by atoms with Gasteiger partial charge in [0, 0.05) is 41.1 Å². The summed E-state index contributed by atoms with van der Waals surface area (Å²) in [5, 5.41) is 3.75. The molecule has 0 saturated heterocycles. The smallest absolute Gasteiger partial charge is 0.124 e. The van der Waals surface area contributed by atoms with Crippen LogP contribution < -0.4 is 10.1 Å². The molecule has 1 N–H and O–H groups in total. The molecule has 2 aromatic carbocycles. The zero-order valence-electron chi connectivity index (χ0n) is 13.9. The monoisotopic (exact) mass is 434 g/mol. The van der Waals surface area contributed by atoms with Crippen molar-refractivity contribution in [3.8, 4) is 5.75 Å². The van der Waals surface area contributed by atoms with E-state index in [1.165, 1.54) is 12.1 Å². The Bertz CT molecular complexity index is 877. The topological polar surface area (TPSA) is 34.1 Å². The van der Waals surface area contributed by atoms with Crippen molar-refractivity contribution >= 4 is 27.5 Å². The molecular formula is C20H17BrClFN2O. The van der Waals surface area contributed by atoms with Crippen molar-refractivity contribution in [2.45, 2.75) is 19.7 Å². The number of aromatic nitrogens is 1. The normalized spacial score (nSPS) is 10.7. The highest BCUT2D eigenvalue weighted by Gasteiger charge is 2.08. The second kappa shape index (κ2) is 9.12. The van der Waals surface area contributed by atoms with Gasteiger partial charge in [0.05, 0.1) is 5.02 Å². The van der Waals surface area contributed by atoms with Gasteiger partial charge in [-0.25, -0.2) is 4.39 Å². The summed E-state index contributed by atoms with van der Waals surface area (Å²) in [6.07, 6.45) is 3.59. The number of halogens is 3. The maximum atomic E-state index is 13.2. The van der Waals surface area contributed by atoms with Crippen molar-refractivity contribution < 1.29 is 9.13 Å². The van der Waals surface area contributed by atoms with E-state index in [2.05, 4.69) is 26.2 Å². The Labute approximate surface area is 165 Å². The van der Waals surface area contributed by atoms with Gasteiger partial charge in [0.25, 0.3) is 0 Å². The van der Waals surface area contributed by atoms with Crippen LogP contribution in [0.3, 0.4) is 0 Å². The van der Waals surface area contributed by atoms with Crippen LogP contribution in [0.2, 0.25) is 5.02 Å². The number of rotatable bonds is 7. The molecule has 0 spiro atoms. The quantitative estimate of drug-likeness (QED) is 0.532. The van der Waals surface area contributed by atoms with Gasteiger partial charge < -0.3 is 10.1 Å².